The van der Waals surface area contributed by atoms with Crippen LogP contribution in [0, 0.1) is 6.92 Å². The Labute approximate surface area is 185 Å². The fourth-order valence-corrected chi connectivity index (χ4v) is 4.91. The van der Waals surface area contributed by atoms with Gasteiger partial charge in [0.1, 0.15) is 5.56 Å². The molecule has 0 saturated carbocycles. The maximum Gasteiger partial charge on any atom is 0.264 e. The van der Waals surface area contributed by atoms with E-state index in [1.165, 1.54) is 12.8 Å². The molecular weight excluding hydrogens is 388 g/mol. The lowest BCUT2D eigenvalue weighted by Gasteiger charge is -2.42. The van der Waals surface area contributed by atoms with Crippen LogP contribution in [0.2, 0.25) is 0 Å². The number of amides is 1. The van der Waals surface area contributed by atoms with Crippen LogP contribution in [-0.4, -0.2) is 77.5 Å². The number of hydrogen-bond acceptors (Lipinski definition) is 4. The minimum absolute atomic E-state index is 0.123. The summed E-state index contributed by atoms with van der Waals surface area (Å²) in [7, 11) is 2.18. The molecule has 2 aliphatic heterocycles. The van der Waals surface area contributed by atoms with E-state index >= 15 is 0 Å². The number of piperazine rings is 1. The molecule has 6 nitrogen and oxygen atoms in total. The van der Waals surface area contributed by atoms with Crippen LogP contribution < -0.4 is 5.56 Å². The Balaban J connectivity index is 1.48. The monoisotopic (exact) mass is 422 g/mol. The second kappa shape index (κ2) is 9.37. The topological polar surface area (TPSA) is 48.8 Å². The van der Waals surface area contributed by atoms with Crippen molar-refractivity contribution in [3.05, 3.63) is 69.6 Å². The van der Waals surface area contributed by atoms with E-state index in [0.29, 0.717) is 24.7 Å². The zero-order valence-corrected chi connectivity index (χ0v) is 19.0. The van der Waals surface area contributed by atoms with E-state index in [4.69, 9.17) is 0 Å². The fourth-order valence-electron chi connectivity index (χ4n) is 4.91. The highest BCUT2D eigenvalue weighted by atomic mass is 16.2. The van der Waals surface area contributed by atoms with Gasteiger partial charge >= 0.3 is 0 Å². The predicted molar refractivity (Wildman–Crippen MR) is 124 cm³/mol. The first kappa shape index (κ1) is 21.8. The molecule has 31 heavy (non-hydrogen) atoms. The third kappa shape index (κ3) is 4.60. The Hall–Kier alpha value is -2.44. The number of pyridine rings is 1. The highest BCUT2D eigenvalue weighted by Crippen LogP contribution is 2.20. The van der Waals surface area contributed by atoms with Crippen LogP contribution >= 0.6 is 0 Å². The molecule has 0 N–H and O–H groups in total. The highest BCUT2D eigenvalue weighted by Gasteiger charge is 2.30. The molecule has 1 aromatic heterocycles. The molecule has 2 fully saturated rings. The third-order valence-electron chi connectivity index (χ3n) is 7.05. The first-order valence-corrected chi connectivity index (χ1v) is 11.4. The summed E-state index contributed by atoms with van der Waals surface area (Å²) in [6.07, 6.45) is 4.21. The van der Waals surface area contributed by atoms with Gasteiger partial charge in [-0.05, 0) is 64.0 Å². The average Bonchev–Trinajstić information content (AvgIpc) is 2.80. The van der Waals surface area contributed by atoms with Crippen molar-refractivity contribution >= 4 is 5.91 Å². The number of carbonyl (C=O) groups is 1. The number of benzene rings is 1. The van der Waals surface area contributed by atoms with Gasteiger partial charge in [-0.3, -0.25) is 14.5 Å². The van der Waals surface area contributed by atoms with Crippen molar-refractivity contribution in [3.8, 4) is 0 Å². The summed E-state index contributed by atoms with van der Waals surface area (Å²) < 4.78 is 1.68. The molecule has 3 heterocycles. The molecule has 0 radical (unpaired) electrons. The molecule has 0 spiro atoms. The molecule has 1 amide bonds. The van der Waals surface area contributed by atoms with E-state index in [9.17, 15) is 9.59 Å². The van der Waals surface area contributed by atoms with E-state index in [0.717, 1.165) is 37.3 Å². The van der Waals surface area contributed by atoms with E-state index in [-0.39, 0.29) is 17.5 Å². The van der Waals surface area contributed by atoms with Crippen molar-refractivity contribution in [1.82, 2.24) is 19.3 Å². The lowest BCUT2D eigenvalue weighted by atomic mass is 10.0. The van der Waals surface area contributed by atoms with Gasteiger partial charge in [0.15, 0.2) is 0 Å². The Morgan fingerprint density at radius 1 is 0.968 bits per heavy atom. The number of aromatic nitrogens is 1. The Morgan fingerprint density at radius 3 is 2.26 bits per heavy atom. The van der Waals surface area contributed by atoms with Gasteiger partial charge in [-0.1, -0.05) is 30.3 Å². The molecule has 2 aliphatic rings. The predicted octanol–water partition coefficient (Wildman–Crippen LogP) is 2.62. The van der Waals surface area contributed by atoms with E-state index < -0.39 is 0 Å². The van der Waals surface area contributed by atoms with Crippen LogP contribution in [0.15, 0.2) is 47.4 Å². The zero-order chi connectivity index (χ0) is 22.0. The Morgan fingerprint density at radius 2 is 1.61 bits per heavy atom. The molecule has 2 aromatic rings. The van der Waals surface area contributed by atoms with E-state index in [1.807, 2.05) is 61.3 Å². The summed E-state index contributed by atoms with van der Waals surface area (Å²) in [6, 6.07) is 12.3. The van der Waals surface area contributed by atoms with E-state index in [1.54, 1.807) is 4.57 Å². The number of aryl methyl sites for hydroxylation is 1. The molecule has 0 aliphatic carbocycles. The summed E-state index contributed by atoms with van der Waals surface area (Å²) in [5.74, 6) is -0.125. The van der Waals surface area contributed by atoms with Gasteiger partial charge in [-0.25, -0.2) is 0 Å². The number of likely N-dealkylation sites (tertiary alicyclic amines) is 1. The van der Waals surface area contributed by atoms with Crippen LogP contribution in [0.25, 0.3) is 0 Å². The summed E-state index contributed by atoms with van der Waals surface area (Å²) in [5.41, 5.74) is 1.93. The third-order valence-corrected chi connectivity index (χ3v) is 7.05. The second-order valence-electron chi connectivity index (χ2n) is 9.04. The number of nitrogens with zero attached hydrogens (tertiary/aromatic N) is 4. The molecule has 4 rings (SSSR count). The van der Waals surface area contributed by atoms with Gasteiger partial charge in [0.2, 0.25) is 0 Å². The zero-order valence-electron chi connectivity index (χ0n) is 19.0. The van der Waals surface area contributed by atoms with Crippen LogP contribution in [0.3, 0.4) is 0 Å². The first-order chi connectivity index (χ1) is 15.0. The summed E-state index contributed by atoms with van der Waals surface area (Å²) in [5, 5.41) is 0. The second-order valence-corrected chi connectivity index (χ2v) is 9.04. The van der Waals surface area contributed by atoms with Crippen molar-refractivity contribution in [2.45, 2.75) is 38.8 Å². The number of rotatable bonds is 4. The van der Waals surface area contributed by atoms with Gasteiger partial charge in [-0.15, -0.1) is 0 Å². The van der Waals surface area contributed by atoms with Gasteiger partial charge in [0.05, 0.1) is 6.04 Å². The molecule has 166 valence electrons. The van der Waals surface area contributed by atoms with Gasteiger partial charge in [-0.2, -0.15) is 0 Å². The quantitative estimate of drug-likeness (QED) is 0.760. The number of piperidine rings is 1. The van der Waals surface area contributed by atoms with Crippen molar-refractivity contribution < 1.29 is 4.79 Å². The molecule has 1 unspecified atom stereocenters. The van der Waals surface area contributed by atoms with Crippen molar-refractivity contribution in [2.24, 2.45) is 0 Å². The number of hydrogen-bond donors (Lipinski definition) is 0. The lowest BCUT2D eigenvalue weighted by molar-refractivity contribution is 0.0472. The fraction of sp³-hybridized carbons (Fsp3) is 0.520. The lowest BCUT2D eigenvalue weighted by Crippen LogP contribution is -2.54. The molecular formula is C25H34N4O2. The largest absolute Gasteiger partial charge is 0.336 e. The highest BCUT2D eigenvalue weighted by molar-refractivity contribution is 5.95. The Bertz CT molecular complexity index is 955. The molecule has 6 heteroatoms. The molecule has 0 bridgehead atoms. The van der Waals surface area contributed by atoms with Crippen molar-refractivity contribution in [3.63, 3.8) is 0 Å². The summed E-state index contributed by atoms with van der Waals surface area (Å²) >= 11 is 0. The SMILES string of the molecule is Cc1ccn(C(C)c2ccccc2)c(=O)c1C(=O)N1CCN(C2CCN(C)CC2)CC1. The maximum atomic E-state index is 13.4. The smallest absolute Gasteiger partial charge is 0.264 e. The van der Waals surface area contributed by atoms with Crippen LogP contribution in [0.1, 0.15) is 47.3 Å². The van der Waals surface area contributed by atoms with Crippen LogP contribution in [-0.2, 0) is 0 Å². The van der Waals surface area contributed by atoms with Crippen molar-refractivity contribution in [1.29, 1.82) is 0 Å². The summed E-state index contributed by atoms with van der Waals surface area (Å²) in [6.45, 7) is 9.31. The van der Waals surface area contributed by atoms with Gasteiger partial charge in [0, 0.05) is 38.4 Å². The van der Waals surface area contributed by atoms with Crippen molar-refractivity contribution in [2.75, 3.05) is 46.3 Å². The number of carbonyl (C=O) groups excluding carboxylic acids is 1. The van der Waals surface area contributed by atoms with Crippen LogP contribution in [0.5, 0.6) is 0 Å². The summed E-state index contributed by atoms with van der Waals surface area (Å²) in [4.78, 5) is 33.5. The standard InChI is InChI=1S/C25H34N4O2/c1-19-9-14-29(20(2)21-7-5-4-6-8-21)25(31)23(19)24(30)28-17-15-27(16-18-28)22-10-12-26(3)13-11-22/h4-9,14,20,22H,10-13,15-18H2,1-3H3. The maximum absolute atomic E-state index is 13.4. The molecule has 1 aromatic carbocycles. The average molecular weight is 423 g/mol. The minimum atomic E-state index is -0.195. The Kier molecular flexibility index (Phi) is 6.58. The normalized spacial score (nSPS) is 20.0. The van der Waals surface area contributed by atoms with E-state index in [2.05, 4.69) is 16.8 Å². The van der Waals surface area contributed by atoms with Gasteiger partial charge < -0.3 is 14.4 Å². The molecule has 2 saturated heterocycles. The van der Waals surface area contributed by atoms with Gasteiger partial charge in [0.25, 0.3) is 11.5 Å². The molecule has 1 atom stereocenters. The van der Waals surface area contributed by atoms with Crippen LogP contribution in [0.4, 0.5) is 0 Å². The minimum Gasteiger partial charge on any atom is -0.336 e. The first-order valence-electron chi connectivity index (χ1n) is 11.4.